The molecule has 1 aliphatic carbocycles. The van der Waals surface area contributed by atoms with Crippen LogP contribution in [-0.2, 0) is 0 Å². The molecule has 0 radical (unpaired) electrons. The van der Waals surface area contributed by atoms with E-state index in [-0.39, 0.29) is 18.1 Å². The maximum atomic E-state index is 12.9. The Hall–Kier alpha value is -1.85. The first-order chi connectivity index (χ1) is 12.1. The fourth-order valence-electron chi connectivity index (χ4n) is 4.12. The van der Waals surface area contributed by atoms with Crippen LogP contribution in [0, 0.1) is 5.92 Å². The zero-order valence-electron chi connectivity index (χ0n) is 14.1. The van der Waals surface area contributed by atoms with Crippen molar-refractivity contribution in [2.75, 3.05) is 13.2 Å². The summed E-state index contributed by atoms with van der Waals surface area (Å²) in [5.74, 6) is 0.402. The van der Waals surface area contributed by atoms with Gasteiger partial charge in [-0.1, -0.05) is 17.7 Å². The number of rotatable bonds is 3. The smallest absolute Gasteiger partial charge is 0.274 e. The van der Waals surface area contributed by atoms with Gasteiger partial charge >= 0.3 is 0 Å². The predicted molar refractivity (Wildman–Crippen MR) is 96.0 cm³/mol. The van der Waals surface area contributed by atoms with Gasteiger partial charge in [0, 0.05) is 35.6 Å². The van der Waals surface area contributed by atoms with Crippen LogP contribution in [0.5, 0.6) is 0 Å². The third kappa shape index (κ3) is 2.96. The molecule has 2 aromatic rings. The number of benzene rings is 1. The summed E-state index contributed by atoms with van der Waals surface area (Å²) >= 11 is 6.04. The topological polar surface area (TPSA) is 58.4 Å². The number of amides is 1. The summed E-state index contributed by atoms with van der Waals surface area (Å²) in [5.41, 5.74) is 1.35. The van der Waals surface area contributed by atoms with Gasteiger partial charge in [0.2, 0.25) is 0 Å². The molecular formula is C19H22ClN3O2. The normalized spacial score (nSPS) is 25.8. The van der Waals surface area contributed by atoms with E-state index in [4.69, 9.17) is 11.6 Å². The maximum absolute atomic E-state index is 12.9. The van der Waals surface area contributed by atoms with Crippen LogP contribution in [0.3, 0.4) is 0 Å². The van der Waals surface area contributed by atoms with E-state index in [1.807, 2.05) is 33.7 Å². The van der Waals surface area contributed by atoms with Crippen molar-refractivity contribution in [3.8, 4) is 5.69 Å². The lowest BCUT2D eigenvalue weighted by atomic mass is 9.69. The number of likely N-dealkylation sites (tertiary alicyclic amines) is 1. The molecule has 0 atom stereocenters. The summed E-state index contributed by atoms with van der Waals surface area (Å²) in [6.07, 6.45) is 8.46. The van der Waals surface area contributed by atoms with Crippen molar-refractivity contribution in [1.29, 1.82) is 0 Å². The standard InChI is InChI=1S/C19H22ClN3O2/c20-15-2-1-3-16(10-15)22-11-17(21-13-22)18(25)23-9-8-19(23)6-4-14(12-24)5-7-19/h1-3,10-11,13-14,24H,4-9,12H2. The highest BCUT2D eigenvalue weighted by atomic mass is 35.5. The number of aliphatic hydroxyl groups excluding tert-OH is 1. The van der Waals surface area contributed by atoms with E-state index in [9.17, 15) is 9.90 Å². The Labute approximate surface area is 152 Å². The highest BCUT2D eigenvalue weighted by molar-refractivity contribution is 6.30. The van der Waals surface area contributed by atoms with Crippen molar-refractivity contribution < 1.29 is 9.90 Å². The van der Waals surface area contributed by atoms with Gasteiger partial charge in [0.25, 0.3) is 5.91 Å². The molecule has 132 valence electrons. The molecule has 2 fully saturated rings. The van der Waals surface area contributed by atoms with Crippen LogP contribution in [0.15, 0.2) is 36.8 Å². The van der Waals surface area contributed by atoms with E-state index in [2.05, 4.69) is 4.98 Å². The first kappa shape index (κ1) is 16.6. The number of carbonyl (C=O) groups is 1. The van der Waals surface area contributed by atoms with Gasteiger partial charge in [-0.05, 0) is 56.2 Å². The fourth-order valence-corrected chi connectivity index (χ4v) is 4.31. The lowest BCUT2D eigenvalue weighted by Crippen LogP contribution is -2.63. The van der Waals surface area contributed by atoms with Gasteiger partial charge in [0.15, 0.2) is 0 Å². The minimum atomic E-state index is -0.0113. The van der Waals surface area contributed by atoms with Crippen LogP contribution in [0.25, 0.3) is 5.69 Å². The second-order valence-corrected chi connectivity index (χ2v) is 7.64. The molecule has 4 rings (SSSR count). The van der Waals surface area contributed by atoms with Crippen LogP contribution < -0.4 is 0 Å². The van der Waals surface area contributed by atoms with E-state index in [0.717, 1.165) is 44.3 Å². The third-order valence-electron chi connectivity index (χ3n) is 5.82. The molecule has 1 saturated heterocycles. The Morgan fingerprint density at radius 3 is 2.76 bits per heavy atom. The number of hydrogen-bond acceptors (Lipinski definition) is 3. The number of hydrogen-bond donors (Lipinski definition) is 1. The quantitative estimate of drug-likeness (QED) is 0.914. The van der Waals surface area contributed by atoms with Crippen LogP contribution in [0.1, 0.15) is 42.6 Å². The van der Waals surface area contributed by atoms with Gasteiger partial charge in [0.1, 0.15) is 12.0 Å². The molecule has 0 bridgehead atoms. The first-order valence-corrected chi connectivity index (χ1v) is 9.22. The summed E-state index contributed by atoms with van der Waals surface area (Å²) in [6.45, 7) is 1.06. The number of nitrogens with zero attached hydrogens (tertiary/aromatic N) is 3. The van der Waals surface area contributed by atoms with E-state index in [0.29, 0.717) is 16.6 Å². The molecule has 1 aromatic heterocycles. The molecule has 1 spiro atoms. The van der Waals surface area contributed by atoms with E-state index >= 15 is 0 Å². The van der Waals surface area contributed by atoms with Gasteiger partial charge < -0.3 is 14.6 Å². The van der Waals surface area contributed by atoms with Gasteiger partial charge in [-0.25, -0.2) is 4.98 Å². The molecular weight excluding hydrogens is 338 g/mol. The van der Waals surface area contributed by atoms with Crippen molar-refractivity contribution in [2.24, 2.45) is 5.92 Å². The molecule has 1 saturated carbocycles. The Bertz CT molecular complexity index is 780. The monoisotopic (exact) mass is 359 g/mol. The molecule has 1 aromatic carbocycles. The average molecular weight is 360 g/mol. The highest BCUT2D eigenvalue weighted by Crippen LogP contribution is 2.45. The summed E-state index contributed by atoms with van der Waals surface area (Å²) in [4.78, 5) is 19.3. The zero-order valence-corrected chi connectivity index (χ0v) is 14.8. The van der Waals surface area contributed by atoms with Crippen molar-refractivity contribution in [1.82, 2.24) is 14.5 Å². The minimum absolute atomic E-state index is 0.00877. The van der Waals surface area contributed by atoms with Gasteiger partial charge in [0.05, 0.1) is 0 Å². The number of aromatic nitrogens is 2. The highest BCUT2D eigenvalue weighted by Gasteiger charge is 2.49. The predicted octanol–water partition coefficient (Wildman–Crippen LogP) is 3.29. The molecule has 1 amide bonds. The lowest BCUT2D eigenvalue weighted by molar-refractivity contribution is -0.0358. The third-order valence-corrected chi connectivity index (χ3v) is 6.06. The van der Waals surface area contributed by atoms with E-state index < -0.39 is 0 Å². The molecule has 2 heterocycles. The maximum Gasteiger partial charge on any atom is 0.274 e. The number of carbonyl (C=O) groups excluding carboxylic acids is 1. The van der Waals surface area contributed by atoms with Crippen molar-refractivity contribution in [3.63, 3.8) is 0 Å². The number of halogens is 1. The molecule has 0 unspecified atom stereocenters. The fraction of sp³-hybridized carbons (Fsp3) is 0.474. The van der Waals surface area contributed by atoms with Crippen LogP contribution in [0.2, 0.25) is 5.02 Å². The SMILES string of the molecule is O=C(c1cn(-c2cccc(Cl)c2)cn1)N1CCC12CCC(CO)CC2. The van der Waals surface area contributed by atoms with Crippen LogP contribution >= 0.6 is 11.6 Å². The zero-order chi connectivity index (χ0) is 17.4. The second-order valence-electron chi connectivity index (χ2n) is 7.20. The summed E-state index contributed by atoms with van der Waals surface area (Å²) in [5, 5.41) is 9.99. The Balaban J connectivity index is 1.50. The van der Waals surface area contributed by atoms with Crippen LogP contribution in [0.4, 0.5) is 0 Å². The average Bonchev–Trinajstić information content (AvgIpc) is 3.11. The van der Waals surface area contributed by atoms with Crippen molar-refractivity contribution in [2.45, 2.75) is 37.6 Å². The largest absolute Gasteiger partial charge is 0.396 e. The number of aliphatic hydroxyl groups is 1. The van der Waals surface area contributed by atoms with Gasteiger partial charge in [-0.3, -0.25) is 4.79 Å². The molecule has 1 N–H and O–H groups in total. The summed E-state index contributed by atoms with van der Waals surface area (Å²) in [6, 6.07) is 7.48. The minimum Gasteiger partial charge on any atom is -0.396 e. The van der Waals surface area contributed by atoms with E-state index in [1.165, 1.54) is 0 Å². The summed E-state index contributed by atoms with van der Waals surface area (Å²) in [7, 11) is 0. The van der Waals surface area contributed by atoms with Crippen molar-refractivity contribution in [3.05, 3.63) is 47.5 Å². The molecule has 1 aliphatic heterocycles. The Morgan fingerprint density at radius 2 is 2.12 bits per heavy atom. The molecule has 25 heavy (non-hydrogen) atoms. The first-order valence-electron chi connectivity index (χ1n) is 8.84. The molecule has 2 aliphatic rings. The molecule has 5 nitrogen and oxygen atoms in total. The Kier molecular flexibility index (Phi) is 4.29. The van der Waals surface area contributed by atoms with Crippen LogP contribution in [-0.4, -0.2) is 44.2 Å². The van der Waals surface area contributed by atoms with Crippen molar-refractivity contribution >= 4 is 17.5 Å². The second kappa shape index (κ2) is 6.46. The summed E-state index contributed by atoms with van der Waals surface area (Å²) < 4.78 is 1.83. The van der Waals surface area contributed by atoms with Gasteiger partial charge in [-0.2, -0.15) is 0 Å². The number of imidazole rings is 1. The van der Waals surface area contributed by atoms with E-state index in [1.54, 1.807) is 12.5 Å². The molecule has 6 heteroatoms. The van der Waals surface area contributed by atoms with Gasteiger partial charge in [-0.15, -0.1) is 0 Å². The lowest BCUT2D eigenvalue weighted by Gasteiger charge is -2.55. The Morgan fingerprint density at radius 1 is 1.32 bits per heavy atom.